The zero-order valence-corrected chi connectivity index (χ0v) is 13.0. The number of carbonyl (C=O) groups excluding carboxylic acids is 1. The molecule has 2 rings (SSSR count). The van der Waals surface area contributed by atoms with Gasteiger partial charge < -0.3 is 10.5 Å². The van der Waals surface area contributed by atoms with Crippen molar-refractivity contribution in [3.8, 4) is 0 Å². The Balaban J connectivity index is 2.17. The van der Waals surface area contributed by atoms with Crippen molar-refractivity contribution < 1.29 is 9.53 Å². The Morgan fingerprint density at radius 1 is 1.10 bits per heavy atom. The summed E-state index contributed by atoms with van der Waals surface area (Å²) >= 11 is 0. The molecule has 21 heavy (non-hydrogen) atoms. The van der Waals surface area contributed by atoms with Crippen molar-refractivity contribution in [1.82, 2.24) is 0 Å². The number of carbonyl (C=O) groups is 1. The third-order valence-corrected chi connectivity index (χ3v) is 3.78. The van der Waals surface area contributed by atoms with E-state index in [0.29, 0.717) is 11.3 Å². The highest BCUT2D eigenvalue weighted by molar-refractivity contribution is 5.92. The fourth-order valence-corrected chi connectivity index (χ4v) is 2.53. The summed E-state index contributed by atoms with van der Waals surface area (Å²) in [6.45, 7) is 8.25. The number of nitrogens with two attached hydrogens (primary N) is 1. The molecule has 2 aromatic rings. The molecule has 0 atom stereocenters. The van der Waals surface area contributed by atoms with Gasteiger partial charge in [0.2, 0.25) is 0 Å². The number of hydrogen-bond acceptors (Lipinski definition) is 3. The van der Waals surface area contributed by atoms with Gasteiger partial charge >= 0.3 is 5.97 Å². The Kier molecular flexibility index (Phi) is 4.32. The summed E-state index contributed by atoms with van der Waals surface area (Å²) in [7, 11) is 0. The highest BCUT2D eigenvalue weighted by Gasteiger charge is 2.13. The van der Waals surface area contributed by atoms with Crippen molar-refractivity contribution in [3.63, 3.8) is 0 Å². The number of nitrogen functional groups attached to an aromatic ring is 1. The van der Waals surface area contributed by atoms with Crippen LogP contribution in [-0.2, 0) is 11.3 Å². The van der Waals surface area contributed by atoms with Crippen molar-refractivity contribution in [2.75, 3.05) is 5.73 Å². The third kappa shape index (κ3) is 3.24. The minimum absolute atomic E-state index is 0.283. The summed E-state index contributed by atoms with van der Waals surface area (Å²) in [5, 5.41) is 0. The van der Waals surface area contributed by atoms with E-state index in [1.54, 1.807) is 18.2 Å². The minimum Gasteiger partial charge on any atom is -0.457 e. The Bertz CT molecular complexity index is 667. The predicted octanol–water partition coefficient (Wildman–Crippen LogP) is 3.86. The van der Waals surface area contributed by atoms with Crippen LogP contribution < -0.4 is 5.73 Å². The zero-order valence-electron chi connectivity index (χ0n) is 13.0. The molecule has 0 saturated carbocycles. The van der Waals surface area contributed by atoms with Crippen LogP contribution in [0.1, 0.15) is 38.2 Å². The lowest BCUT2D eigenvalue weighted by Gasteiger charge is -2.13. The van der Waals surface area contributed by atoms with Crippen LogP contribution in [0.15, 0.2) is 30.3 Å². The molecule has 0 fully saturated rings. The summed E-state index contributed by atoms with van der Waals surface area (Å²) in [6.07, 6.45) is 0. The Labute approximate surface area is 125 Å². The van der Waals surface area contributed by atoms with Gasteiger partial charge in [-0.1, -0.05) is 23.8 Å². The van der Waals surface area contributed by atoms with E-state index < -0.39 is 0 Å². The molecule has 0 heterocycles. The summed E-state index contributed by atoms with van der Waals surface area (Å²) in [5.74, 6) is -0.334. The highest BCUT2D eigenvalue weighted by atomic mass is 16.5. The monoisotopic (exact) mass is 283 g/mol. The molecule has 0 saturated heterocycles. The smallest absolute Gasteiger partial charge is 0.338 e. The Morgan fingerprint density at radius 2 is 1.71 bits per heavy atom. The molecule has 110 valence electrons. The number of esters is 1. The summed E-state index contributed by atoms with van der Waals surface area (Å²) in [5.41, 5.74) is 12.3. The molecule has 0 aliphatic carbocycles. The van der Waals surface area contributed by atoms with Crippen LogP contribution in [0, 0.1) is 27.7 Å². The van der Waals surface area contributed by atoms with Gasteiger partial charge in [-0.2, -0.15) is 0 Å². The maximum absolute atomic E-state index is 12.2. The van der Waals surface area contributed by atoms with Crippen LogP contribution >= 0.6 is 0 Å². The molecular formula is C18H21NO2. The van der Waals surface area contributed by atoms with E-state index in [-0.39, 0.29) is 12.6 Å². The molecule has 3 nitrogen and oxygen atoms in total. The number of aryl methyl sites for hydroxylation is 3. The van der Waals surface area contributed by atoms with Crippen molar-refractivity contribution in [3.05, 3.63) is 63.7 Å². The van der Waals surface area contributed by atoms with E-state index in [4.69, 9.17) is 10.5 Å². The van der Waals surface area contributed by atoms with Gasteiger partial charge in [-0.3, -0.25) is 0 Å². The Morgan fingerprint density at radius 3 is 2.33 bits per heavy atom. The normalized spacial score (nSPS) is 10.5. The average Bonchev–Trinajstić information content (AvgIpc) is 2.40. The molecule has 2 aromatic carbocycles. The quantitative estimate of drug-likeness (QED) is 0.687. The molecule has 0 unspecified atom stereocenters. The van der Waals surface area contributed by atoms with E-state index in [0.717, 1.165) is 22.3 Å². The summed E-state index contributed by atoms with van der Waals surface area (Å²) in [6, 6.07) is 9.48. The number of rotatable bonds is 3. The standard InChI is InChI=1S/C18H21NO2/c1-11-8-12(2)16(13(3)9-11)10-21-18(20)15-6-5-7-17(19)14(15)4/h5-9H,10,19H2,1-4H3. The number of ether oxygens (including phenoxy) is 1. The first-order valence-corrected chi connectivity index (χ1v) is 6.99. The minimum atomic E-state index is -0.334. The lowest BCUT2D eigenvalue weighted by Crippen LogP contribution is -2.09. The van der Waals surface area contributed by atoms with E-state index in [1.165, 1.54) is 5.56 Å². The molecule has 0 spiro atoms. The van der Waals surface area contributed by atoms with Crippen LogP contribution in [0.5, 0.6) is 0 Å². The molecule has 0 bridgehead atoms. The number of hydrogen-bond donors (Lipinski definition) is 1. The SMILES string of the molecule is Cc1cc(C)c(COC(=O)c2cccc(N)c2C)c(C)c1. The first kappa shape index (κ1) is 15.1. The van der Waals surface area contributed by atoms with Gasteiger partial charge in [0.25, 0.3) is 0 Å². The average molecular weight is 283 g/mol. The van der Waals surface area contributed by atoms with Crippen LogP contribution in [0.2, 0.25) is 0 Å². The first-order chi connectivity index (χ1) is 9.90. The number of benzene rings is 2. The first-order valence-electron chi connectivity index (χ1n) is 6.99. The molecule has 3 heteroatoms. The molecule has 0 amide bonds. The summed E-state index contributed by atoms with van der Waals surface area (Å²) in [4.78, 5) is 12.2. The van der Waals surface area contributed by atoms with E-state index in [9.17, 15) is 4.79 Å². The molecular weight excluding hydrogens is 262 g/mol. The lowest BCUT2D eigenvalue weighted by atomic mass is 10.0. The topological polar surface area (TPSA) is 52.3 Å². The van der Waals surface area contributed by atoms with Crippen LogP contribution in [-0.4, -0.2) is 5.97 Å². The fourth-order valence-electron chi connectivity index (χ4n) is 2.53. The van der Waals surface area contributed by atoms with E-state index in [2.05, 4.69) is 19.1 Å². The molecule has 0 aliphatic rings. The fraction of sp³-hybridized carbons (Fsp3) is 0.278. The van der Waals surface area contributed by atoms with Crippen molar-refractivity contribution in [2.24, 2.45) is 0 Å². The molecule has 0 aliphatic heterocycles. The van der Waals surface area contributed by atoms with Gasteiger partial charge in [0.1, 0.15) is 6.61 Å². The third-order valence-electron chi connectivity index (χ3n) is 3.78. The molecule has 2 N–H and O–H groups in total. The molecule has 0 radical (unpaired) electrons. The van der Waals surface area contributed by atoms with Gasteiger partial charge in [-0.25, -0.2) is 4.79 Å². The lowest BCUT2D eigenvalue weighted by molar-refractivity contribution is 0.0471. The van der Waals surface area contributed by atoms with Crippen molar-refractivity contribution >= 4 is 11.7 Å². The Hall–Kier alpha value is -2.29. The predicted molar refractivity (Wildman–Crippen MR) is 85.4 cm³/mol. The van der Waals surface area contributed by atoms with Gasteiger partial charge in [0.15, 0.2) is 0 Å². The number of anilines is 1. The largest absolute Gasteiger partial charge is 0.457 e. The van der Waals surface area contributed by atoms with Gasteiger partial charge in [-0.05, 0) is 62.1 Å². The van der Waals surface area contributed by atoms with Crippen LogP contribution in [0.25, 0.3) is 0 Å². The second kappa shape index (κ2) is 6.00. The maximum atomic E-state index is 12.2. The second-order valence-corrected chi connectivity index (χ2v) is 5.47. The van der Waals surface area contributed by atoms with E-state index >= 15 is 0 Å². The van der Waals surface area contributed by atoms with Gasteiger partial charge in [0.05, 0.1) is 5.56 Å². The van der Waals surface area contributed by atoms with Crippen molar-refractivity contribution in [1.29, 1.82) is 0 Å². The highest BCUT2D eigenvalue weighted by Crippen LogP contribution is 2.20. The maximum Gasteiger partial charge on any atom is 0.338 e. The molecule has 0 aromatic heterocycles. The second-order valence-electron chi connectivity index (χ2n) is 5.47. The van der Waals surface area contributed by atoms with E-state index in [1.807, 2.05) is 20.8 Å². The van der Waals surface area contributed by atoms with Gasteiger partial charge in [-0.15, -0.1) is 0 Å². The van der Waals surface area contributed by atoms with Crippen molar-refractivity contribution in [2.45, 2.75) is 34.3 Å². The zero-order chi connectivity index (χ0) is 15.6. The van der Waals surface area contributed by atoms with Crippen LogP contribution in [0.3, 0.4) is 0 Å². The van der Waals surface area contributed by atoms with Crippen LogP contribution in [0.4, 0.5) is 5.69 Å². The van der Waals surface area contributed by atoms with Gasteiger partial charge in [0, 0.05) is 5.69 Å². The summed E-state index contributed by atoms with van der Waals surface area (Å²) < 4.78 is 5.46.